The summed E-state index contributed by atoms with van der Waals surface area (Å²) in [7, 11) is 0. The van der Waals surface area contributed by atoms with Gasteiger partial charge in [0.05, 0.1) is 18.6 Å². The molecule has 0 radical (unpaired) electrons. The number of nitrogens with two attached hydrogens (primary N) is 1. The number of anilines is 1. The first-order valence-electron chi connectivity index (χ1n) is 4.91. The fraction of sp³-hybridized carbons (Fsp3) is 0.400. The van der Waals surface area contributed by atoms with Crippen LogP contribution in [0.4, 0.5) is 14.6 Å². The van der Waals surface area contributed by atoms with Crippen molar-refractivity contribution >= 4 is 11.8 Å². The molecule has 94 valence electrons. The largest absolute Gasteiger partial charge is 0.466 e. The van der Waals surface area contributed by atoms with Crippen molar-refractivity contribution in [2.45, 2.75) is 19.8 Å². The highest BCUT2D eigenvalue weighted by atomic mass is 19.3. The molecule has 1 aromatic rings. The van der Waals surface area contributed by atoms with E-state index in [4.69, 9.17) is 5.73 Å². The zero-order valence-electron chi connectivity index (χ0n) is 9.13. The highest BCUT2D eigenvalue weighted by Gasteiger charge is 2.16. The summed E-state index contributed by atoms with van der Waals surface area (Å²) < 4.78 is 29.6. The summed E-state index contributed by atoms with van der Waals surface area (Å²) in [4.78, 5) is 24.4. The summed E-state index contributed by atoms with van der Waals surface area (Å²) in [6, 6.07) is 0.926. The van der Waals surface area contributed by atoms with Crippen LogP contribution in [0.25, 0.3) is 0 Å². The average Bonchev–Trinajstić information content (AvgIpc) is 2.21. The molecule has 0 saturated heterocycles. The molecule has 0 amide bonds. The maximum atomic E-state index is 12.4. The molecule has 1 aromatic heterocycles. The van der Waals surface area contributed by atoms with Crippen LogP contribution in [0.2, 0.25) is 0 Å². The summed E-state index contributed by atoms with van der Waals surface area (Å²) in [6.07, 6.45) is -3.17. The van der Waals surface area contributed by atoms with Gasteiger partial charge < -0.3 is 15.5 Å². The predicted molar refractivity (Wildman–Crippen MR) is 56.8 cm³/mol. The number of aromatic amines is 1. The first-order chi connectivity index (χ1) is 7.95. The van der Waals surface area contributed by atoms with Gasteiger partial charge in [-0.1, -0.05) is 0 Å². The summed E-state index contributed by atoms with van der Waals surface area (Å²) in [5.74, 6) is -0.695. The van der Waals surface area contributed by atoms with Crippen molar-refractivity contribution in [2.24, 2.45) is 0 Å². The molecule has 0 aromatic carbocycles. The lowest BCUT2D eigenvalue weighted by Gasteiger charge is -2.07. The standard InChI is InChI=1S/C10H12F2N2O3/c1-2-17-7(15)4-5-3-6(8(11)12)10(16)14-9(5)13/h3,8H,2,4H2,1H3,(H3,13,14,16). The van der Waals surface area contributed by atoms with Gasteiger partial charge in [0, 0.05) is 5.56 Å². The van der Waals surface area contributed by atoms with E-state index in [0.717, 1.165) is 6.07 Å². The van der Waals surface area contributed by atoms with Crippen LogP contribution in [0.3, 0.4) is 0 Å². The molecule has 0 aliphatic rings. The first kappa shape index (κ1) is 13.1. The molecule has 5 nitrogen and oxygen atoms in total. The Morgan fingerprint density at radius 2 is 2.24 bits per heavy atom. The van der Waals surface area contributed by atoms with Gasteiger partial charge in [-0.25, -0.2) is 8.78 Å². The number of hydrogen-bond donors (Lipinski definition) is 2. The van der Waals surface area contributed by atoms with Gasteiger partial charge in [-0.15, -0.1) is 0 Å². The van der Waals surface area contributed by atoms with Crippen LogP contribution in [-0.2, 0) is 16.0 Å². The van der Waals surface area contributed by atoms with Crippen LogP contribution in [0, 0.1) is 0 Å². The smallest absolute Gasteiger partial charge is 0.310 e. The lowest BCUT2D eigenvalue weighted by Crippen LogP contribution is -2.18. The Morgan fingerprint density at radius 3 is 2.76 bits per heavy atom. The minimum atomic E-state index is -2.92. The molecule has 0 unspecified atom stereocenters. The summed E-state index contributed by atoms with van der Waals surface area (Å²) in [5.41, 5.74) is 3.89. The van der Waals surface area contributed by atoms with Gasteiger partial charge in [0.15, 0.2) is 0 Å². The number of pyridine rings is 1. The van der Waals surface area contributed by atoms with Crippen LogP contribution in [0.1, 0.15) is 24.5 Å². The second-order valence-corrected chi connectivity index (χ2v) is 3.28. The zero-order valence-corrected chi connectivity index (χ0v) is 9.13. The van der Waals surface area contributed by atoms with Crippen molar-refractivity contribution in [3.63, 3.8) is 0 Å². The highest BCUT2D eigenvalue weighted by Crippen LogP contribution is 2.18. The van der Waals surface area contributed by atoms with Crippen molar-refractivity contribution in [3.05, 3.63) is 27.5 Å². The normalized spacial score (nSPS) is 10.6. The van der Waals surface area contributed by atoms with E-state index in [9.17, 15) is 18.4 Å². The molecule has 0 bridgehead atoms. The van der Waals surface area contributed by atoms with E-state index in [1.54, 1.807) is 6.92 Å². The minimum absolute atomic E-state index is 0.104. The second kappa shape index (κ2) is 5.42. The fourth-order valence-electron chi connectivity index (χ4n) is 1.28. The monoisotopic (exact) mass is 246 g/mol. The lowest BCUT2D eigenvalue weighted by molar-refractivity contribution is -0.142. The first-order valence-corrected chi connectivity index (χ1v) is 4.91. The molecule has 0 saturated carbocycles. The van der Waals surface area contributed by atoms with Crippen molar-refractivity contribution in [1.29, 1.82) is 0 Å². The third kappa shape index (κ3) is 3.27. The second-order valence-electron chi connectivity index (χ2n) is 3.28. The van der Waals surface area contributed by atoms with E-state index in [1.807, 2.05) is 0 Å². The molecule has 0 aliphatic heterocycles. The number of nitrogens with one attached hydrogen (secondary N) is 1. The topological polar surface area (TPSA) is 85.2 Å². The number of carbonyl (C=O) groups is 1. The van der Waals surface area contributed by atoms with Crippen LogP contribution >= 0.6 is 0 Å². The Hall–Kier alpha value is -1.92. The van der Waals surface area contributed by atoms with Crippen LogP contribution in [0.15, 0.2) is 10.9 Å². The van der Waals surface area contributed by atoms with Gasteiger partial charge in [0.25, 0.3) is 12.0 Å². The van der Waals surface area contributed by atoms with Crippen LogP contribution in [-0.4, -0.2) is 17.6 Å². The highest BCUT2D eigenvalue weighted by molar-refractivity contribution is 5.74. The Balaban J connectivity index is 3.04. The van der Waals surface area contributed by atoms with Gasteiger partial charge in [0.2, 0.25) is 0 Å². The maximum Gasteiger partial charge on any atom is 0.310 e. The fourth-order valence-corrected chi connectivity index (χ4v) is 1.28. The molecule has 7 heteroatoms. The molecular formula is C10H12F2N2O3. The molecule has 17 heavy (non-hydrogen) atoms. The SMILES string of the molecule is CCOC(=O)Cc1cc(C(F)F)c(=O)[nH]c1N. The van der Waals surface area contributed by atoms with E-state index in [0.29, 0.717) is 0 Å². The van der Waals surface area contributed by atoms with E-state index >= 15 is 0 Å². The van der Waals surface area contributed by atoms with Gasteiger partial charge in [-0.05, 0) is 13.0 Å². The number of alkyl halides is 2. The van der Waals surface area contributed by atoms with Gasteiger partial charge in [-0.3, -0.25) is 9.59 Å². The maximum absolute atomic E-state index is 12.4. The van der Waals surface area contributed by atoms with Crippen LogP contribution < -0.4 is 11.3 Å². The molecule has 1 rings (SSSR count). The summed E-state index contributed by atoms with van der Waals surface area (Å²) in [6.45, 7) is 1.81. The van der Waals surface area contributed by atoms with Gasteiger partial charge in [0.1, 0.15) is 5.82 Å². The Morgan fingerprint density at radius 1 is 1.59 bits per heavy atom. The number of ether oxygens (including phenoxy) is 1. The Labute approximate surface area is 95.6 Å². The van der Waals surface area contributed by atoms with Gasteiger partial charge in [-0.2, -0.15) is 0 Å². The molecular weight excluding hydrogens is 234 g/mol. The number of rotatable bonds is 4. The number of aromatic nitrogens is 1. The molecule has 0 fully saturated rings. The Kier molecular flexibility index (Phi) is 4.19. The number of nitrogen functional groups attached to an aromatic ring is 1. The molecule has 0 aliphatic carbocycles. The number of hydrogen-bond acceptors (Lipinski definition) is 4. The average molecular weight is 246 g/mol. The number of H-pyrrole nitrogens is 1. The van der Waals surface area contributed by atoms with Crippen molar-refractivity contribution in [1.82, 2.24) is 4.98 Å². The van der Waals surface area contributed by atoms with Crippen LogP contribution in [0.5, 0.6) is 0 Å². The quantitative estimate of drug-likeness (QED) is 0.776. The third-order valence-corrected chi connectivity index (χ3v) is 2.06. The predicted octanol–water partition coefficient (Wildman–Crippen LogP) is 1.00. The van der Waals surface area contributed by atoms with Crippen molar-refractivity contribution in [3.8, 4) is 0 Å². The third-order valence-electron chi connectivity index (χ3n) is 2.06. The summed E-state index contributed by atoms with van der Waals surface area (Å²) in [5, 5.41) is 0. The Bertz CT molecular complexity index is 471. The van der Waals surface area contributed by atoms with E-state index in [1.165, 1.54) is 0 Å². The minimum Gasteiger partial charge on any atom is -0.466 e. The number of carbonyl (C=O) groups excluding carboxylic acids is 1. The van der Waals surface area contributed by atoms with E-state index in [-0.39, 0.29) is 24.4 Å². The molecule has 0 atom stereocenters. The molecule has 3 N–H and O–H groups in total. The van der Waals surface area contributed by atoms with E-state index < -0.39 is 23.5 Å². The number of halogens is 2. The van der Waals surface area contributed by atoms with E-state index in [2.05, 4.69) is 9.72 Å². The lowest BCUT2D eigenvalue weighted by atomic mass is 10.1. The van der Waals surface area contributed by atoms with Crippen molar-refractivity contribution < 1.29 is 18.3 Å². The molecule has 0 spiro atoms. The summed E-state index contributed by atoms with van der Waals surface area (Å²) >= 11 is 0. The van der Waals surface area contributed by atoms with Crippen molar-refractivity contribution in [2.75, 3.05) is 12.3 Å². The molecule has 1 heterocycles. The van der Waals surface area contributed by atoms with Gasteiger partial charge >= 0.3 is 5.97 Å². The zero-order chi connectivity index (χ0) is 13.0. The number of esters is 1.